The normalized spacial score (nSPS) is 18.7. The third-order valence-electron chi connectivity index (χ3n) is 4.88. The predicted molar refractivity (Wildman–Crippen MR) is 88.5 cm³/mol. The molecule has 0 aromatic carbocycles. The molecule has 2 heterocycles. The van der Waals surface area contributed by atoms with Crippen molar-refractivity contribution in [2.75, 3.05) is 19.6 Å². The van der Waals surface area contributed by atoms with Gasteiger partial charge in [-0.15, -0.1) is 0 Å². The van der Waals surface area contributed by atoms with Crippen LogP contribution in [0, 0.1) is 11.3 Å². The van der Waals surface area contributed by atoms with E-state index in [-0.39, 0.29) is 23.1 Å². The Morgan fingerprint density at radius 3 is 2.17 bits per heavy atom. The molecule has 23 heavy (non-hydrogen) atoms. The highest BCUT2D eigenvalue weighted by molar-refractivity contribution is 6.12. The SMILES string of the molecule is CC(C)(C)C1CN(C(=O)CCCCCCN2C(=O)C=CC2=O)C1. The van der Waals surface area contributed by atoms with Gasteiger partial charge >= 0.3 is 0 Å². The Balaban J connectivity index is 1.51. The maximum Gasteiger partial charge on any atom is 0.253 e. The predicted octanol–water partition coefficient (Wildman–Crippen LogP) is 2.37. The Morgan fingerprint density at radius 2 is 1.61 bits per heavy atom. The van der Waals surface area contributed by atoms with Crippen LogP contribution < -0.4 is 0 Å². The van der Waals surface area contributed by atoms with Crippen LogP contribution in [0.15, 0.2) is 12.2 Å². The number of hydrogen-bond acceptors (Lipinski definition) is 3. The van der Waals surface area contributed by atoms with Gasteiger partial charge < -0.3 is 4.90 Å². The Bertz CT molecular complexity index is 481. The fraction of sp³-hybridized carbons (Fsp3) is 0.722. The molecule has 0 radical (unpaired) electrons. The van der Waals surface area contributed by atoms with Crippen LogP contribution in [0.1, 0.15) is 52.9 Å². The van der Waals surface area contributed by atoms with Crippen molar-refractivity contribution in [1.82, 2.24) is 9.80 Å². The molecule has 3 amide bonds. The Hall–Kier alpha value is -1.65. The molecule has 5 nitrogen and oxygen atoms in total. The molecule has 0 spiro atoms. The maximum atomic E-state index is 12.0. The van der Waals surface area contributed by atoms with Gasteiger partial charge in [0, 0.05) is 38.2 Å². The smallest absolute Gasteiger partial charge is 0.253 e. The van der Waals surface area contributed by atoms with E-state index in [1.807, 2.05) is 4.90 Å². The summed E-state index contributed by atoms with van der Waals surface area (Å²) in [5.41, 5.74) is 0.288. The summed E-state index contributed by atoms with van der Waals surface area (Å²) in [6.45, 7) is 8.96. The van der Waals surface area contributed by atoms with E-state index in [0.717, 1.165) is 38.8 Å². The summed E-state index contributed by atoms with van der Waals surface area (Å²) in [5, 5.41) is 0. The third-order valence-corrected chi connectivity index (χ3v) is 4.88. The highest BCUT2D eigenvalue weighted by Crippen LogP contribution is 2.33. The molecule has 0 bridgehead atoms. The molecule has 2 aliphatic heterocycles. The van der Waals surface area contributed by atoms with Crippen LogP contribution in [0.5, 0.6) is 0 Å². The van der Waals surface area contributed by atoms with Crippen LogP contribution in [-0.4, -0.2) is 47.2 Å². The first-order valence-corrected chi connectivity index (χ1v) is 8.60. The zero-order chi connectivity index (χ0) is 17.0. The van der Waals surface area contributed by atoms with Crippen molar-refractivity contribution in [2.24, 2.45) is 11.3 Å². The standard InChI is InChI=1S/C18H28N2O3/c1-18(2,3)14-12-19(13-14)15(21)8-6-4-5-7-11-20-16(22)9-10-17(20)23/h9-10,14H,4-8,11-13H2,1-3H3. The average Bonchev–Trinajstić information content (AvgIpc) is 2.70. The lowest BCUT2D eigenvalue weighted by molar-refractivity contribution is -0.140. The largest absolute Gasteiger partial charge is 0.342 e. The van der Waals surface area contributed by atoms with Gasteiger partial charge in [0.25, 0.3) is 11.8 Å². The van der Waals surface area contributed by atoms with Crippen molar-refractivity contribution >= 4 is 17.7 Å². The van der Waals surface area contributed by atoms with Crippen molar-refractivity contribution in [3.63, 3.8) is 0 Å². The second-order valence-corrected chi connectivity index (χ2v) is 7.69. The zero-order valence-electron chi connectivity index (χ0n) is 14.5. The highest BCUT2D eigenvalue weighted by Gasteiger charge is 2.37. The van der Waals surface area contributed by atoms with Crippen molar-refractivity contribution < 1.29 is 14.4 Å². The van der Waals surface area contributed by atoms with E-state index in [9.17, 15) is 14.4 Å². The molecular formula is C18H28N2O3. The molecule has 2 aliphatic rings. The first kappa shape index (κ1) is 17.7. The van der Waals surface area contributed by atoms with E-state index in [0.29, 0.717) is 18.9 Å². The summed E-state index contributed by atoms with van der Waals surface area (Å²) < 4.78 is 0. The molecule has 0 saturated carbocycles. The Kier molecular flexibility index (Phi) is 5.60. The van der Waals surface area contributed by atoms with Gasteiger partial charge in [-0.1, -0.05) is 33.6 Å². The van der Waals surface area contributed by atoms with E-state index < -0.39 is 0 Å². The minimum atomic E-state index is -0.212. The number of carbonyl (C=O) groups excluding carboxylic acids is 3. The van der Waals surface area contributed by atoms with Crippen molar-refractivity contribution in [1.29, 1.82) is 0 Å². The molecule has 0 N–H and O–H groups in total. The van der Waals surface area contributed by atoms with Crippen LogP contribution in [-0.2, 0) is 14.4 Å². The first-order chi connectivity index (χ1) is 10.8. The highest BCUT2D eigenvalue weighted by atomic mass is 16.2. The molecule has 128 valence electrons. The molecule has 0 aromatic heterocycles. The molecule has 0 unspecified atom stereocenters. The number of likely N-dealkylation sites (tertiary alicyclic amines) is 1. The molecule has 5 heteroatoms. The number of hydrogen-bond donors (Lipinski definition) is 0. The summed E-state index contributed by atoms with van der Waals surface area (Å²) in [4.78, 5) is 38.0. The Labute approximate surface area is 138 Å². The quantitative estimate of drug-likeness (QED) is 0.534. The minimum Gasteiger partial charge on any atom is -0.342 e. The van der Waals surface area contributed by atoms with Crippen molar-refractivity contribution in [2.45, 2.75) is 52.9 Å². The average molecular weight is 320 g/mol. The minimum absolute atomic E-state index is 0.212. The molecule has 2 rings (SSSR count). The van der Waals surface area contributed by atoms with Crippen LogP contribution in [0.25, 0.3) is 0 Å². The van der Waals surface area contributed by atoms with Gasteiger partial charge in [-0.2, -0.15) is 0 Å². The van der Waals surface area contributed by atoms with E-state index in [1.54, 1.807) is 0 Å². The van der Waals surface area contributed by atoms with Crippen LogP contribution in [0.3, 0.4) is 0 Å². The number of carbonyl (C=O) groups is 3. The van der Waals surface area contributed by atoms with Gasteiger partial charge in [-0.05, 0) is 24.2 Å². The lowest BCUT2D eigenvalue weighted by Gasteiger charge is -2.46. The maximum absolute atomic E-state index is 12.0. The molecule has 0 atom stereocenters. The van der Waals surface area contributed by atoms with Crippen LogP contribution in [0.4, 0.5) is 0 Å². The monoisotopic (exact) mass is 320 g/mol. The van der Waals surface area contributed by atoms with Gasteiger partial charge in [0.1, 0.15) is 0 Å². The molecular weight excluding hydrogens is 292 g/mol. The van der Waals surface area contributed by atoms with Crippen molar-refractivity contribution in [3.05, 3.63) is 12.2 Å². The van der Waals surface area contributed by atoms with Gasteiger partial charge in [0.2, 0.25) is 5.91 Å². The zero-order valence-corrected chi connectivity index (χ0v) is 14.5. The van der Waals surface area contributed by atoms with E-state index in [2.05, 4.69) is 20.8 Å². The van der Waals surface area contributed by atoms with Gasteiger partial charge in [0.05, 0.1) is 0 Å². The second kappa shape index (κ2) is 7.28. The van der Waals surface area contributed by atoms with Crippen LogP contribution in [0.2, 0.25) is 0 Å². The fourth-order valence-corrected chi connectivity index (χ4v) is 2.94. The Morgan fingerprint density at radius 1 is 1.04 bits per heavy atom. The van der Waals surface area contributed by atoms with Crippen LogP contribution >= 0.6 is 0 Å². The fourth-order valence-electron chi connectivity index (χ4n) is 2.94. The second-order valence-electron chi connectivity index (χ2n) is 7.69. The van der Waals surface area contributed by atoms with E-state index >= 15 is 0 Å². The number of imide groups is 1. The topological polar surface area (TPSA) is 57.7 Å². The number of nitrogens with zero attached hydrogens (tertiary/aromatic N) is 2. The third kappa shape index (κ3) is 4.66. The number of amides is 3. The molecule has 0 aromatic rings. The van der Waals surface area contributed by atoms with Crippen molar-refractivity contribution in [3.8, 4) is 0 Å². The first-order valence-electron chi connectivity index (χ1n) is 8.60. The number of unbranched alkanes of at least 4 members (excludes halogenated alkanes) is 3. The van der Waals surface area contributed by atoms with Gasteiger partial charge in [-0.25, -0.2) is 0 Å². The molecule has 1 saturated heterocycles. The number of rotatable bonds is 7. The molecule has 0 aliphatic carbocycles. The van der Waals surface area contributed by atoms with Gasteiger partial charge in [-0.3, -0.25) is 19.3 Å². The lowest BCUT2D eigenvalue weighted by Crippen LogP contribution is -2.54. The molecule has 1 fully saturated rings. The van der Waals surface area contributed by atoms with E-state index in [1.165, 1.54) is 17.1 Å². The summed E-state index contributed by atoms with van der Waals surface area (Å²) >= 11 is 0. The summed E-state index contributed by atoms with van der Waals surface area (Å²) in [6.07, 6.45) is 6.84. The summed E-state index contributed by atoms with van der Waals surface area (Å²) in [6, 6.07) is 0. The van der Waals surface area contributed by atoms with Gasteiger partial charge in [0.15, 0.2) is 0 Å². The summed E-state index contributed by atoms with van der Waals surface area (Å²) in [5.74, 6) is 0.461. The van der Waals surface area contributed by atoms with E-state index in [4.69, 9.17) is 0 Å². The summed E-state index contributed by atoms with van der Waals surface area (Å²) in [7, 11) is 0. The lowest BCUT2D eigenvalue weighted by atomic mass is 9.76.